The number of nitrogen functional groups attached to an aromatic ring is 1. The molecule has 3 aromatic rings. The number of imidazole rings is 1. The zero-order valence-corrected chi connectivity index (χ0v) is 11.7. The number of fused-ring (bicyclic) bond motifs is 1. The fraction of sp³-hybridized carbons (Fsp3) is 0.133. The summed E-state index contributed by atoms with van der Waals surface area (Å²) in [5.74, 6) is 0.533. The highest BCUT2D eigenvalue weighted by molar-refractivity contribution is 7.98. The molecule has 0 aliphatic carbocycles. The molecule has 0 aliphatic rings. The SMILES string of the molecule is CSc1ccccc1-n1c(N)nc2cccc(C)c21. The molecule has 0 fully saturated rings. The summed E-state index contributed by atoms with van der Waals surface area (Å²) in [5.41, 5.74) is 10.4. The second kappa shape index (κ2) is 4.63. The van der Waals surface area contributed by atoms with E-state index in [2.05, 4.69) is 36.4 Å². The second-order valence-electron chi connectivity index (χ2n) is 4.42. The molecule has 1 aromatic heterocycles. The summed E-state index contributed by atoms with van der Waals surface area (Å²) in [6.45, 7) is 2.08. The maximum absolute atomic E-state index is 6.12. The normalized spacial score (nSPS) is 11.1. The van der Waals surface area contributed by atoms with E-state index in [0.29, 0.717) is 5.95 Å². The fourth-order valence-corrected chi connectivity index (χ4v) is 2.95. The molecule has 0 unspecified atom stereocenters. The van der Waals surface area contributed by atoms with Gasteiger partial charge in [0.1, 0.15) is 0 Å². The quantitative estimate of drug-likeness (QED) is 0.722. The third-order valence-electron chi connectivity index (χ3n) is 3.23. The molecule has 0 bridgehead atoms. The average Bonchev–Trinajstić information content (AvgIpc) is 2.76. The molecular formula is C15H15N3S. The van der Waals surface area contributed by atoms with Gasteiger partial charge in [0.05, 0.1) is 16.7 Å². The van der Waals surface area contributed by atoms with E-state index in [9.17, 15) is 0 Å². The second-order valence-corrected chi connectivity index (χ2v) is 5.27. The van der Waals surface area contributed by atoms with E-state index in [1.807, 2.05) is 28.8 Å². The Balaban J connectivity index is 2.39. The van der Waals surface area contributed by atoms with Crippen molar-refractivity contribution in [1.29, 1.82) is 0 Å². The van der Waals surface area contributed by atoms with Gasteiger partial charge in [-0.3, -0.25) is 4.57 Å². The van der Waals surface area contributed by atoms with Crippen LogP contribution in [0.15, 0.2) is 47.4 Å². The van der Waals surface area contributed by atoms with Crippen molar-refractivity contribution in [2.24, 2.45) is 0 Å². The summed E-state index contributed by atoms with van der Waals surface area (Å²) < 4.78 is 2.04. The average molecular weight is 269 g/mol. The number of nitrogens with two attached hydrogens (primary N) is 1. The van der Waals surface area contributed by atoms with Crippen LogP contribution in [0.25, 0.3) is 16.7 Å². The van der Waals surface area contributed by atoms with Crippen molar-refractivity contribution in [3.63, 3.8) is 0 Å². The lowest BCUT2D eigenvalue weighted by molar-refractivity contribution is 1.07. The van der Waals surface area contributed by atoms with Crippen LogP contribution in [0.2, 0.25) is 0 Å². The maximum atomic E-state index is 6.12. The van der Waals surface area contributed by atoms with Crippen LogP contribution in [0, 0.1) is 6.92 Å². The first-order chi connectivity index (χ1) is 9.22. The lowest BCUT2D eigenvalue weighted by Gasteiger charge is -2.11. The summed E-state index contributed by atoms with van der Waals surface area (Å²) in [6, 6.07) is 14.3. The van der Waals surface area contributed by atoms with Crippen LogP contribution in [-0.4, -0.2) is 15.8 Å². The Morgan fingerprint density at radius 2 is 1.89 bits per heavy atom. The Labute approximate surface area is 116 Å². The highest BCUT2D eigenvalue weighted by Gasteiger charge is 2.13. The van der Waals surface area contributed by atoms with E-state index in [-0.39, 0.29) is 0 Å². The monoisotopic (exact) mass is 269 g/mol. The number of anilines is 1. The van der Waals surface area contributed by atoms with E-state index in [1.54, 1.807) is 11.8 Å². The highest BCUT2D eigenvalue weighted by atomic mass is 32.2. The van der Waals surface area contributed by atoms with Gasteiger partial charge in [0.25, 0.3) is 0 Å². The van der Waals surface area contributed by atoms with Crippen molar-refractivity contribution in [2.45, 2.75) is 11.8 Å². The summed E-state index contributed by atoms with van der Waals surface area (Å²) in [5, 5.41) is 0. The van der Waals surface area contributed by atoms with E-state index in [0.717, 1.165) is 16.7 Å². The Kier molecular flexibility index (Phi) is 2.95. The van der Waals surface area contributed by atoms with Gasteiger partial charge in [-0.25, -0.2) is 4.98 Å². The van der Waals surface area contributed by atoms with E-state index in [1.165, 1.54) is 10.5 Å². The predicted octanol–water partition coefficient (Wildman–Crippen LogP) is 3.64. The molecule has 1 heterocycles. The van der Waals surface area contributed by atoms with Crippen LogP contribution in [0.3, 0.4) is 0 Å². The molecule has 0 spiro atoms. The van der Waals surface area contributed by atoms with Crippen molar-refractivity contribution in [3.05, 3.63) is 48.0 Å². The molecule has 0 amide bonds. The fourth-order valence-electron chi connectivity index (χ4n) is 2.37. The van der Waals surface area contributed by atoms with Crippen molar-refractivity contribution in [3.8, 4) is 5.69 Å². The Morgan fingerprint density at radius 1 is 1.11 bits per heavy atom. The smallest absolute Gasteiger partial charge is 0.205 e. The predicted molar refractivity (Wildman–Crippen MR) is 82.0 cm³/mol. The van der Waals surface area contributed by atoms with Crippen LogP contribution in [0.4, 0.5) is 5.95 Å². The molecule has 96 valence electrons. The van der Waals surface area contributed by atoms with Gasteiger partial charge >= 0.3 is 0 Å². The molecule has 0 aliphatic heterocycles. The minimum atomic E-state index is 0.533. The number of aryl methyl sites for hydroxylation is 1. The van der Waals surface area contributed by atoms with E-state index < -0.39 is 0 Å². The van der Waals surface area contributed by atoms with Gasteiger partial charge in [-0.15, -0.1) is 11.8 Å². The molecule has 2 aromatic carbocycles. The third-order valence-corrected chi connectivity index (χ3v) is 4.02. The van der Waals surface area contributed by atoms with Crippen LogP contribution >= 0.6 is 11.8 Å². The van der Waals surface area contributed by atoms with Crippen molar-refractivity contribution < 1.29 is 0 Å². The molecule has 0 radical (unpaired) electrons. The molecule has 2 N–H and O–H groups in total. The first-order valence-corrected chi connectivity index (χ1v) is 7.32. The number of thioether (sulfide) groups is 1. The lowest BCUT2D eigenvalue weighted by Crippen LogP contribution is -2.02. The molecule has 3 rings (SSSR count). The molecule has 4 heteroatoms. The zero-order valence-electron chi connectivity index (χ0n) is 10.9. The number of hydrogen-bond donors (Lipinski definition) is 1. The number of hydrogen-bond acceptors (Lipinski definition) is 3. The van der Waals surface area contributed by atoms with Crippen molar-refractivity contribution in [2.75, 3.05) is 12.0 Å². The van der Waals surface area contributed by atoms with Gasteiger partial charge in [-0.05, 0) is 36.9 Å². The first kappa shape index (κ1) is 12.1. The van der Waals surface area contributed by atoms with Gasteiger partial charge in [0, 0.05) is 4.90 Å². The van der Waals surface area contributed by atoms with Crippen LogP contribution in [0.1, 0.15) is 5.56 Å². The molecular weight excluding hydrogens is 254 g/mol. The number of nitrogens with zero attached hydrogens (tertiary/aromatic N) is 2. The van der Waals surface area contributed by atoms with Gasteiger partial charge in [-0.2, -0.15) is 0 Å². The Morgan fingerprint density at radius 3 is 2.68 bits per heavy atom. The largest absolute Gasteiger partial charge is 0.369 e. The number of benzene rings is 2. The van der Waals surface area contributed by atoms with E-state index in [4.69, 9.17) is 5.73 Å². The van der Waals surface area contributed by atoms with Gasteiger partial charge < -0.3 is 5.73 Å². The highest BCUT2D eigenvalue weighted by Crippen LogP contribution is 2.30. The van der Waals surface area contributed by atoms with Gasteiger partial charge in [-0.1, -0.05) is 24.3 Å². The molecule has 0 saturated carbocycles. The standard InChI is InChI=1S/C15H15N3S/c1-10-6-5-7-11-14(10)18(15(16)17-11)12-8-3-4-9-13(12)19-2/h3-9H,1-2H3,(H2,16,17). The third kappa shape index (κ3) is 1.88. The topological polar surface area (TPSA) is 43.8 Å². The van der Waals surface area contributed by atoms with Gasteiger partial charge in [0.15, 0.2) is 0 Å². The lowest BCUT2D eigenvalue weighted by atomic mass is 10.2. The van der Waals surface area contributed by atoms with Crippen LogP contribution < -0.4 is 5.73 Å². The Hall–Kier alpha value is -1.94. The summed E-state index contributed by atoms with van der Waals surface area (Å²) >= 11 is 1.71. The number of aromatic nitrogens is 2. The van der Waals surface area contributed by atoms with E-state index >= 15 is 0 Å². The van der Waals surface area contributed by atoms with Crippen molar-refractivity contribution in [1.82, 2.24) is 9.55 Å². The minimum Gasteiger partial charge on any atom is -0.369 e. The van der Waals surface area contributed by atoms with Crippen molar-refractivity contribution >= 4 is 28.7 Å². The first-order valence-electron chi connectivity index (χ1n) is 6.09. The molecule has 0 saturated heterocycles. The molecule has 3 nitrogen and oxygen atoms in total. The minimum absolute atomic E-state index is 0.533. The summed E-state index contributed by atoms with van der Waals surface area (Å²) in [6.07, 6.45) is 2.07. The Bertz CT molecular complexity index is 746. The zero-order chi connectivity index (χ0) is 13.4. The summed E-state index contributed by atoms with van der Waals surface area (Å²) in [4.78, 5) is 5.65. The molecule has 19 heavy (non-hydrogen) atoms. The summed E-state index contributed by atoms with van der Waals surface area (Å²) in [7, 11) is 0. The van der Waals surface area contributed by atoms with Crippen LogP contribution in [-0.2, 0) is 0 Å². The number of para-hydroxylation sites is 2. The molecule has 0 atom stereocenters. The van der Waals surface area contributed by atoms with Gasteiger partial charge in [0.2, 0.25) is 5.95 Å². The van der Waals surface area contributed by atoms with Crippen LogP contribution in [0.5, 0.6) is 0 Å². The number of rotatable bonds is 2. The maximum Gasteiger partial charge on any atom is 0.205 e.